The molecule has 1 heterocycles. The third-order valence-corrected chi connectivity index (χ3v) is 2.55. The minimum atomic E-state index is 0.596. The zero-order valence-electron chi connectivity index (χ0n) is 9.88. The maximum absolute atomic E-state index is 10.8. The Kier molecular flexibility index (Phi) is 3.23. The van der Waals surface area contributed by atoms with Crippen molar-refractivity contribution in [1.82, 2.24) is 9.78 Å². The number of carbonyl (C=O) groups is 1. The molecule has 2 aromatic rings. The number of nitrogens with zero attached hydrogens (tertiary/aromatic N) is 2. The van der Waals surface area contributed by atoms with Gasteiger partial charge in [-0.1, -0.05) is 0 Å². The van der Waals surface area contributed by atoms with E-state index in [2.05, 4.69) is 5.10 Å². The van der Waals surface area contributed by atoms with Gasteiger partial charge in [0.2, 0.25) is 0 Å². The van der Waals surface area contributed by atoms with Crippen molar-refractivity contribution in [2.24, 2.45) is 0 Å². The zero-order valence-corrected chi connectivity index (χ0v) is 9.88. The van der Waals surface area contributed by atoms with E-state index in [1.54, 1.807) is 19.2 Å². The lowest BCUT2D eigenvalue weighted by molar-refractivity contribution is 0.112. The first-order chi connectivity index (χ1) is 8.22. The maximum atomic E-state index is 10.8. The van der Waals surface area contributed by atoms with Gasteiger partial charge in [0, 0.05) is 17.3 Å². The summed E-state index contributed by atoms with van der Waals surface area (Å²) in [4.78, 5) is 10.8. The van der Waals surface area contributed by atoms with E-state index in [9.17, 15) is 4.79 Å². The molecule has 88 valence electrons. The Morgan fingerprint density at radius 3 is 2.82 bits per heavy atom. The lowest BCUT2D eigenvalue weighted by Gasteiger charge is -2.09. The van der Waals surface area contributed by atoms with Gasteiger partial charge in [0.1, 0.15) is 12.0 Å². The molecule has 0 aliphatic heterocycles. The molecule has 4 heteroatoms. The standard InChI is InChI=1S/C13H14N2O2/c1-10-5-6-15(14-10)8-12-7-11(9-16)3-4-13(12)17-2/h3-7,9H,8H2,1-2H3. The summed E-state index contributed by atoms with van der Waals surface area (Å²) in [5, 5.41) is 4.31. The molecule has 0 atom stereocenters. The zero-order chi connectivity index (χ0) is 12.3. The van der Waals surface area contributed by atoms with Crippen LogP contribution in [0.15, 0.2) is 30.5 Å². The second-order valence-corrected chi connectivity index (χ2v) is 3.84. The molecule has 0 spiro atoms. The number of hydrogen-bond donors (Lipinski definition) is 0. The van der Waals surface area contributed by atoms with Crippen molar-refractivity contribution in [1.29, 1.82) is 0 Å². The largest absolute Gasteiger partial charge is 0.496 e. The number of methoxy groups -OCH3 is 1. The van der Waals surface area contributed by atoms with Crippen LogP contribution < -0.4 is 4.74 Å². The molecule has 17 heavy (non-hydrogen) atoms. The summed E-state index contributed by atoms with van der Waals surface area (Å²) >= 11 is 0. The van der Waals surface area contributed by atoms with Crippen molar-refractivity contribution >= 4 is 6.29 Å². The molecule has 0 fully saturated rings. The van der Waals surface area contributed by atoms with Gasteiger partial charge in [-0.25, -0.2) is 0 Å². The van der Waals surface area contributed by atoms with Crippen molar-refractivity contribution in [3.05, 3.63) is 47.3 Å². The number of hydrogen-bond acceptors (Lipinski definition) is 3. The lowest BCUT2D eigenvalue weighted by Crippen LogP contribution is -2.03. The first-order valence-corrected chi connectivity index (χ1v) is 5.35. The van der Waals surface area contributed by atoms with E-state index in [-0.39, 0.29) is 0 Å². The molecule has 0 amide bonds. The Hall–Kier alpha value is -2.10. The van der Waals surface area contributed by atoms with E-state index in [0.717, 1.165) is 23.3 Å². The predicted molar refractivity (Wildman–Crippen MR) is 64.4 cm³/mol. The minimum absolute atomic E-state index is 0.596. The molecule has 2 rings (SSSR count). The minimum Gasteiger partial charge on any atom is -0.496 e. The van der Waals surface area contributed by atoms with Crippen molar-refractivity contribution in [3.63, 3.8) is 0 Å². The van der Waals surface area contributed by atoms with Gasteiger partial charge in [-0.2, -0.15) is 5.10 Å². The van der Waals surface area contributed by atoms with E-state index in [1.165, 1.54) is 0 Å². The fourth-order valence-electron chi connectivity index (χ4n) is 1.72. The Morgan fingerprint density at radius 2 is 2.24 bits per heavy atom. The van der Waals surface area contributed by atoms with E-state index < -0.39 is 0 Å². The number of aromatic nitrogens is 2. The Labute approximate surface area is 99.8 Å². The summed E-state index contributed by atoms with van der Waals surface area (Å²) in [5.41, 5.74) is 2.56. The molecular weight excluding hydrogens is 216 g/mol. The average Bonchev–Trinajstić information content (AvgIpc) is 2.74. The molecule has 0 radical (unpaired) electrons. The fraction of sp³-hybridized carbons (Fsp3) is 0.231. The third-order valence-electron chi connectivity index (χ3n) is 2.55. The van der Waals surface area contributed by atoms with Crippen LogP contribution in [0.4, 0.5) is 0 Å². The van der Waals surface area contributed by atoms with Gasteiger partial charge in [0.05, 0.1) is 19.3 Å². The summed E-state index contributed by atoms with van der Waals surface area (Å²) in [6.07, 6.45) is 2.74. The van der Waals surface area contributed by atoms with Gasteiger partial charge in [0.25, 0.3) is 0 Å². The van der Waals surface area contributed by atoms with Crippen LogP contribution in [0.3, 0.4) is 0 Å². The summed E-state index contributed by atoms with van der Waals surface area (Å²) in [7, 11) is 1.62. The highest BCUT2D eigenvalue weighted by molar-refractivity contribution is 5.75. The molecule has 0 N–H and O–H groups in total. The molecule has 1 aromatic heterocycles. The van der Waals surface area contributed by atoms with Gasteiger partial charge in [0.15, 0.2) is 0 Å². The smallest absolute Gasteiger partial charge is 0.150 e. The van der Waals surface area contributed by atoms with E-state index in [4.69, 9.17) is 4.74 Å². The highest BCUT2D eigenvalue weighted by Gasteiger charge is 2.05. The van der Waals surface area contributed by atoms with Crippen molar-refractivity contribution in [2.75, 3.05) is 7.11 Å². The van der Waals surface area contributed by atoms with Crippen LogP contribution >= 0.6 is 0 Å². The van der Waals surface area contributed by atoms with Gasteiger partial charge in [-0.05, 0) is 31.2 Å². The van der Waals surface area contributed by atoms with Crippen molar-refractivity contribution in [2.45, 2.75) is 13.5 Å². The molecule has 0 aliphatic rings. The molecule has 0 unspecified atom stereocenters. The van der Waals surface area contributed by atoms with Crippen LogP contribution in [0.5, 0.6) is 5.75 Å². The van der Waals surface area contributed by atoms with Crippen LogP contribution in [-0.4, -0.2) is 23.2 Å². The van der Waals surface area contributed by atoms with Gasteiger partial charge < -0.3 is 4.74 Å². The normalized spacial score (nSPS) is 10.2. The predicted octanol–water partition coefficient (Wildman–Crippen LogP) is 2.06. The Balaban J connectivity index is 2.32. The summed E-state index contributed by atoms with van der Waals surface area (Å²) in [6.45, 7) is 2.54. The molecular formula is C13H14N2O2. The number of benzene rings is 1. The second-order valence-electron chi connectivity index (χ2n) is 3.84. The van der Waals surface area contributed by atoms with Gasteiger partial charge >= 0.3 is 0 Å². The summed E-state index contributed by atoms with van der Waals surface area (Å²) < 4.78 is 7.09. The van der Waals surface area contributed by atoms with Crippen LogP contribution in [-0.2, 0) is 6.54 Å². The number of ether oxygens (including phenoxy) is 1. The summed E-state index contributed by atoms with van der Waals surface area (Å²) in [6, 6.07) is 7.30. The third kappa shape index (κ3) is 2.53. The van der Waals surface area contributed by atoms with E-state index in [1.807, 2.05) is 29.9 Å². The van der Waals surface area contributed by atoms with Crippen LogP contribution in [0.25, 0.3) is 0 Å². The van der Waals surface area contributed by atoms with Crippen molar-refractivity contribution < 1.29 is 9.53 Å². The SMILES string of the molecule is COc1ccc(C=O)cc1Cn1ccc(C)n1. The Morgan fingerprint density at radius 1 is 1.41 bits per heavy atom. The first kappa shape index (κ1) is 11.4. The second kappa shape index (κ2) is 4.82. The number of carbonyl (C=O) groups excluding carboxylic acids is 1. The molecule has 0 aliphatic carbocycles. The first-order valence-electron chi connectivity index (χ1n) is 5.35. The quantitative estimate of drug-likeness (QED) is 0.755. The topological polar surface area (TPSA) is 44.1 Å². The molecule has 0 bridgehead atoms. The molecule has 0 saturated heterocycles. The average molecular weight is 230 g/mol. The molecule has 0 saturated carbocycles. The van der Waals surface area contributed by atoms with E-state index >= 15 is 0 Å². The van der Waals surface area contributed by atoms with Crippen molar-refractivity contribution in [3.8, 4) is 5.75 Å². The number of aldehydes is 1. The summed E-state index contributed by atoms with van der Waals surface area (Å²) in [5.74, 6) is 0.767. The van der Waals surface area contributed by atoms with Gasteiger partial charge in [-0.3, -0.25) is 9.48 Å². The van der Waals surface area contributed by atoms with E-state index in [0.29, 0.717) is 12.1 Å². The van der Waals surface area contributed by atoms with Gasteiger partial charge in [-0.15, -0.1) is 0 Å². The van der Waals surface area contributed by atoms with Crippen LogP contribution in [0.2, 0.25) is 0 Å². The lowest BCUT2D eigenvalue weighted by atomic mass is 10.1. The van der Waals surface area contributed by atoms with Crippen LogP contribution in [0.1, 0.15) is 21.6 Å². The molecule has 4 nitrogen and oxygen atoms in total. The fourth-order valence-corrected chi connectivity index (χ4v) is 1.72. The maximum Gasteiger partial charge on any atom is 0.150 e. The molecule has 1 aromatic carbocycles. The van der Waals surface area contributed by atoms with Crippen LogP contribution in [0, 0.1) is 6.92 Å². The highest BCUT2D eigenvalue weighted by atomic mass is 16.5. The number of rotatable bonds is 4. The monoisotopic (exact) mass is 230 g/mol. The number of aryl methyl sites for hydroxylation is 1. The highest BCUT2D eigenvalue weighted by Crippen LogP contribution is 2.20. The Bertz CT molecular complexity index is 532.